The average molecular weight is 252 g/mol. The summed E-state index contributed by atoms with van der Waals surface area (Å²) < 4.78 is 10.6. The van der Waals surface area contributed by atoms with Gasteiger partial charge in [-0.3, -0.25) is 0 Å². The van der Waals surface area contributed by atoms with Crippen LogP contribution in [0.2, 0.25) is 0 Å². The lowest BCUT2D eigenvalue weighted by atomic mass is 9.88. The van der Waals surface area contributed by atoms with E-state index < -0.39 is 6.10 Å². The zero-order valence-corrected chi connectivity index (χ0v) is 11.7. The maximum atomic E-state index is 10.4. The molecule has 0 amide bonds. The molecular formula is C15H24O3. The maximum Gasteiger partial charge on any atom is 0.125 e. The van der Waals surface area contributed by atoms with E-state index in [1.165, 1.54) is 0 Å². The van der Waals surface area contributed by atoms with Crippen LogP contribution in [0.4, 0.5) is 0 Å². The molecule has 0 saturated carbocycles. The predicted molar refractivity (Wildman–Crippen MR) is 72.8 cm³/mol. The largest absolute Gasteiger partial charge is 0.491 e. The molecular weight excluding hydrogens is 228 g/mol. The van der Waals surface area contributed by atoms with Crippen molar-refractivity contribution in [2.75, 3.05) is 20.3 Å². The summed E-state index contributed by atoms with van der Waals surface area (Å²) in [6.07, 6.45) is -0.497. The zero-order chi connectivity index (χ0) is 13.5. The fourth-order valence-electron chi connectivity index (χ4n) is 1.74. The quantitative estimate of drug-likeness (QED) is 0.758. The van der Waals surface area contributed by atoms with E-state index in [2.05, 4.69) is 20.8 Å². The molecule has 1 aromatic carbocycles. The van der Waals surface area contributed by atoms with Gasteiger partial charge in [-0.15, -0.1) is 0 Å². The number of benzene rings is 1. The van der Waals surface area contributed by atoms with Gasteiger partial charge in [0.15, 0.2) is 0 Å². The highest BCUT2D eigenvalue weighted by Crippen LogP contribution is 2.33. The van der Waals surface area contributed by atoms with Crippen molar-refractivity contribution < 1.29 is 14.6 Å². The first-order chi connectivity index (χ1) is 8.57. The van der Waals surface area contributed by atoms with Gasteiger partial charge in [-0.25, -0.2) is 0 Å². The van der Waals surface area contributed by atoms with Crippen molar-refractivity contribution in [1.82, 2.24) is 0 Å². The second-order valence-corrected chi connectivity index (χ2v) is 4.93. The molecule has 2 atom stereocenters. The molecule has 102 valence electrons. The van der Waals surface area contributed by atoms with Crippen LogP contribution in [-0.2, 0) is 4.74 Å². The summed E-state index contributed by atoms with van der Waals surface area (Å²) in [7, 11) is 1.64. The molecule has 0 bridgehead atoms. The minimum Gasteiger partial charge on any atom is -0.491 e. The molecule has 0 fully saturated rings. The Hall–Kier alpha value is -1.06. The Labute approximate surface area is 110 Å². The number of hydrogen-bond acceptors (Lipinski definition) is 3. The lowest BCUT2D eigenvalue weighted by molar-refractivity contribution is 0.0864. The minimum atomic E-state index is -0.497. The molecule has 0 radical (unpaired) electrons. The van der Waals surface area contributed by atoms with Crippen molar-refractivity contribution in [2.24, 2.45) is 11.8 Å². The smallest absolute Gasteiger partial charge is 0.125 e. The third-order valence-corrected chi connectivity index (χ3v) is 3.33. The van der Waals surface area contributed by atoms with Gasteiger partial charge in [0.25, 0.3) is 0 Å². The number of rotatable bonds is 7. The number of aliphatic hydroxyl groups excluding tert-OH is 1. The van der Waals surface area contributed by atoms with E-state index in [1.54, 1.807) is 7.11 Å². The van der Waals surface area contributed by atoms with Crippen LogP contribution in [0.25, 0.3) is 0 Å². The lowest BCUT2D eigenvalue weighted by Crippen LogP contribution is -2.16. The van der Waals surface area contributed by atoms with E-state index in [4.69, 9.17) is 9.47 Å². The molecule has 0 aliphatic heterocycles. The van der Waals surface area contributed by atoms with Crippen LogP contribution in [0.5, 0.6) is 5.75 Å². The molecule has 0 spiro atoms. The van der Waals surface area contributed by atoms with Crippen LogP contribution >= 0.6 is 0 Å². The first kappa shape index (κ1) is 15.0. The molecule has 0 aromatic heterocycles. The Morgan fingerprint density at radius 2 is 1.78 bits per heavy atom. The molecule has 3 heteroatoms. The monoisotopic (exact) mass is 252 g/mol. The van der Waals surface area contributed by atoms with Crippen molar-refractivity contribution in [1.29, 1.82) is 0 Å². The highest BCUT2D eigenvalue weighted by atomic mass is 16.5. The van der Waals surface area contributed by atoms with Crippen LogP contribution in [0, 0.1) is 11.8 Å². The average Bonchev–Trinajstić information content (AvgIpc) is 2.38. The fraction of sp³-hybridized carbons (Fsp3) is 0.600. The highest BCUT2D eigenvalue weighted by Gasteiger charge is 2.22. The molecule has 0 aliphatic carbocycles. The van der Waals surface area contributed by atoms with Crippen molar-refractivity contribution in [3.8, 4) is 5.75 Å². The standard InChI is InChI=1S/C15H24O3/c1-11(2)12(3)15(16)13-7-5-6-8-14(13)18-10-9-17-4/h5-8,11-12,15-16H,9-10H2,1-4H3. The van der Waals surface area contributed by atoms with Gasteiger partial charge >= 0.3 is 0 Å². The topological polar surface area (TPSA) is 38.7 Å². The van der Waals surface area contributed by atoms with Crippen molar-refractivity contribution in [3.05, 3.63) is 29.8 Å². The van der Waals surface area contributed by atoms with Crippen molar-refractivity contribution in [2.45, 2.75) is 26.9 Å². The van der Waals surface area contributed by atoms with Gasteiger partial charge in [-0.05, 0) is 17.9 Å². The van der Waals surface area contributed by atoms with Crippen LogP contribution in [0.15, 0.2) is 24.3 Å². The van der Waals surface area contributed by atoms with Gasteiger partial charge in [-0.1, -0.05) is 39.0 Å². The van der Waals surface area contributed by atoms with Crippen LogP contribution in [0.3, 0.4) is 0 Å². The van der Waals surface area contributed by atoms with Gasteiger partial charge in [0.05, 0.1) is 12.7 Å². The summed E-state index contributed by atoms with van der Waals surface area (Å²) in [6, 6.07) is 7.65. The fourth-order valence-corrected chi connectivity index (χ4v) is 1.74. The van der Waals surface area contributed by atoms with Gasteiger partial charge in [0, 0.05) is 12.7 Å². The summed E-state index contributed by atoms with van der Waals surface area (Å²) >= 11 is 0. The number of hydrogen-bond donors (Lipinski definition) is 1. The SMILES string of the molecule is COCCOc1ccccc1C(O)C(C)C(C)C. The molecule has 2 unspecified atom stereocenters. The van der Waals surface area contributed by atoms with Gasteiger partial charge in [0.1, 0.15) is 12.4 Å². The summed E-state index contributed by atoms with van der Waals surface area (Å²) in [5.74, 6) is 1.36. The van der Waals surface area contributed by atoms with Gasteiger partial charge in [0.2, 0.25) is 0 Å². The molecule has 1 N–H and O–H groups in total. The second kappa shape index (κ2) is 7.39. The summed E-state index contributed by atoms with van der Waals surface area (Å²) in [6.45, 7) is 7.33. The Morgan fingerprint density at radius 3 is 2.39 bits per heavy atom. The van der Waals surface area contributed by atoms with Crippen LogP contribution in [0.1, 0.15) is 32.4 Å². The molecule has 0 saturated heterocycles. The van der Waals surface area contributed by atoms with E-state index in [1.807, 2.05) is 24.3 Å². The number of para-hydroxylation sites is 1. The third kappa shape index (κ3) is 4.00. The lowest BCUT2D eigenvalue weighted by Gasteiger charge is -2.24. The molecule has 1 aromatic rings. The molecule has 1 rings (SSSR count). The minimum absolute atomic E-state index is 0.192. The Morgan fingerprint density at radius 1 is 1.11 bits per heavy atom. The van der Waals surface area contributed by atoms with Crippen LogP contribution < -0.4 is 4.74 Å². The maximum absolute atomic E-state index is 10.4. The first-order valence-corrected chi connectivity index (χ1v) is 6.46. The summed E-state index contributed by atoms with van der Waals surface area (Å²) in [4.78, 5) is 0. The van der Waals surface area contributed by atoms with Crippen LogP contribution in [-0.4, -0.2) is 25.4 Å². The molecule has 18 heavy (non-hydrogen) atoms. The van der Waals surface area contributed by atoms with E-state index in [0.717, 1.165) is 11.3 Å². The zero-order valence-electron chi connectivity index (χ0n) is 11.7. The first-order valence-electron chi connectivity index (χ1n) is 6.46. The normalized spacial score (nSPS) is 14.6. The Balaban J connectivity index is 2.80. The van der Waals surface area contributed by atoms with Gasteiger partial charge in [-0.2, -0.15) is 0 Å². The Bertz CT molecular complexity index is 349. The molecule has 3 nitrogen and oxygen atoms in total. The van der Waals surface area contributed by atoms with E-state index in [0.29, 0.717) is 19.1 Å². The van der Waals surface area contributed by atoms with E-state index in [-0.39, 0.29) is 5.92 Å². The van der Waals surface area contributed by atoms with Crippen molar-refractivity contribution in [3.63, 3.8) is 0 Å². The predicted octanol–water partition coefficient (Wildman–Crippen LogP) is 3.04. The summed E-state index contributed by atoms with van der Waals surface area (Å²) in [5.41, 5.74) is 0.856. The third-order valence-electron chi connectivity index (χ3n) is 3.33. The molecule has 0 aliphatic rings. The number of methoxy groups -OCH3 is 1. The van der Waals surface area contributed by atoms with E-state index >= 15 is 0 Å². The summed E-state index contributed by atoms with van der Waals surface area (Å²) in [5, 5.41) is 10.4. The number of ether oxygens (including phenoxy) is 2. The van der Waals surface area contributed by atoms with Gasteiger partial charge < -0.3 is 14.6 Å². The van der Waals surface area contributed by atoms with Crippen molar-refractivity contribution >= 4 is 0 Å². The number of aliphatic hydroxyl groups is 1. The highest BCUT2D eigenvalue weighted by molar-refractivity contribution is 5.35. The Kier molecular flexibility index (Phi) is 6.16. The molecule has 0 heterocycles. The second-order valence-electron chi connectivity index (χ2n) is 4.93. The van der Waals surface area contributed by atoms with E-state index in [9.17, 15) is 5.11 Å².